The van der Waals surface area contributed by atoms with E-state index in [0.717, 1.165) is 37.6 Å². The van der Waals surface area contributed by atoms with E-state index in [9.17, 15) is 4.79 Å². The molecule has 1 N–H and O–H groups in total. The fraction of sp³-hybridized carbons (Fsp3) is 0.636. The van der Waals surface area contributed by atoms with E-state index in [1.54, 1.807) is 6.20 Å². The highest BCUT2D eigenvalue weighted by atomic mass is 16.4. The Balaban J connectivity index is 1.99. The van der Waals surface area contributed by atoms with E-state index in [-0.39, 0.29) is 12.5 Å². The minimum absolute atomic E-state index is 0.107. The van der Waals surface area contributed by atoms with E-state index in [4.69, 9.17) is 9.52 Å². The van der Waals surface area contributed by atoms with Gasteiger partial charge in [-0.15, -0.1) is 0 Å². The summed E-state index contributed by atoms with van der Waals surface area (Å²) in [5.74, 6) is 1.02. The lowest BCUT2D eigenvalue weighted by molar-refractivity contribution is -0.138. The summed E-state index contributed by atoms with van der Waals surface area (Å²) in [7, 11) is 0. The first-order chi connectivity index (χ1) is 7.65. The van der Waals surface area contributed by atoms with Gasteiger partial charge in [0.25, 0.3) is 0 Å². The number of oxazole rings is 1. The van der Waals surface area contributed by atoms with Gasteiger partial charge < -0.3 is 9.52 Å². The second-order valence-electron chi connectivity index (χ2n) is 4.28. The third kappa shape index (κ3) is 2.61. The molecule has 1 atom stereocenters. The minimum atomic E-state index is -0.774. The van der Waals surface area contributed by atoms with Crippen LogP contribution in [0.3, 0.4) is 0 Å². The third-order valence-corrected chi connectivity index (χ3v) is 2.85. The fourth-order valence-corrected chi connectivity index (χ4v) is 2.15. The average molecular weight is 224 g/mol. The zero-order chi connectivity index (χ0) is 11.5. The van der Waals surface area contributed by atoms with Gasteiger partial charge in [0, 0.05) is 12.5 Å². The zero-order valence-corrected chi connectivity index (χ0v) is 9.35. The second kappa shape index (κ2) is 4.65. The van der Waals surface area contributed by atoms with Crippen LogP contribution in [0.25, 0.3) is 0 Å². The normalized spacial score (nSPS) is 22.2. The smallest absolute Gasteiger partial charge is 0.317 e. The molecule has 0 aromatic carbocycles. The molecule has 0 spiro atoms. The number of hydrogen-bond acceptors (Lipinski definition) is 4. The molecule has 1 aliphatic heterocycles. The van der Waals surface area contributed by atoms with Crippen LogP contribution in [0.1, 0.15) is 30.4 Å². The molecule has 1 saturated heterocycles. The fourth-order valence-electron chi connectivity index (χ4n) is 2.15. The van der Waals surface area contributed by atoms with Crippen molar-refractivity contribution >= 4 is 5.97 Å². The van der Waals surface area contributed by atoms with Crippen LogP contribution in [0.15, 0.2) is 10.6 Å². The van der Waals surface area contributed by atoms with Gasteiger partial charge in [-0.3, -0.25) is 9.69 Å². The van der Waals surface area contributed by atoms with Crippen molar-refractivity contribution in [1.82, 2.24) is 9.88 Å². The molecule has 2 rings (SSSR count). The van der Waals surface area contributed by atoms with E-state index in [0.29, 0.717) is 0 Å². The van der Waals surface area contributed by atoms with Gasteiger partial charge in [-0.05, 0) is 26.3 Å². The van der Waals surface area contributed by atoms with Gasteiger partial charge in [-0.25, -0.2) is 4.98 Å². The Bertz CT molecular complexity index is 375. The van der Waals surface area contributed by atoms with Crippen LogP contribution in [-0.4, -0.2) is 40.6 Å². The maximum absolute atomic E-state index is 10.6. The van der Waals surface area contributed by atoms with E-state index in [1.165, 1.54) is 0 Å². The first-order valence-electron chi connectivity index (χ1n) is 5.51. The van der Waals surface area contributed by atoms with Crippen molar-refractivity contribution in [3.8, 4) is 0 Å². The minimum Gasteiger partial charge on any atom is -0.480 e. The molecule has 0 aliphatic carbocycles. The number of piperidine rings is 1. The second-order valence-corrected chi connectivity index (χ2v) is 4.28. The summed E-state index contributed by atoms with van der Waals surface area (Å²) in [6.07, 6.45) is 3.74. The van der Waals surface area contributed by atoms with Crippen molar-refractivity contribution in [3.63, 3.8) is 0 Å². The first kappa shape index (κ1) is 11.1. The Kier molecular flexibility index (Phi) is 3.24. The summed E-state index contributed by atoms with van der Waals surface area (Å²) in [5, 5.41) is 8.75. The molecule has 0 amide bonds. The molecule has 1 unspecified atom stereocenters. The number of hydrogen-bond donors (Lipinski definition) is 1. The quantitative estimate of drug-likeness (QED) is 0.836. The number of aliphatic carboxylic acids is 1. The molecule has 0 bridgehead atoms. The van der Waals surface area contributed by atoms with Gasteiger partial charge in [0.05, 0.1) is 12.7 Å². The number of rotatable bonds is 3. The predicted octanol–water partition coefficient (Wildman–Crippen LogP) is 1.25. The highest BCUT2D eigenvalue weighted by Gasteiger charge is 2.25. The average Bonchev–Trinajstić information content (AvgIpc) is 2.64. The van der Waals surface area contributed by atoms with E-state index >= 15 is 0 Å². The summed E-state index contributed by atoms with van der Waals surface area (Å²) in [5.41, 5.74) is 0. The van der Waals surface area contributed by atoms with Crippen molar-refractivity contribution < 1.29 is 14.3 Å². The Morgan fingerprint density at radius 2 is 2.56 bits per heavy atom. The van der Waals surface area contributed by atoms with Crippen molar-refractivity contribution in [2.45, 2.75) is 25.7 Å². The van der Waals surface area contributed by atoms with Gasteiger partial charge in [0.15, 0.2) is 5.89 Å². The van der Waals surface area contributed by atoms with Gasteiger partial charge in [-0.2, -0.15) is 0 Å². The largest absolute Gasteiger partial charge is 0.480 e. The molecule has 5 nitrogen and oxygen atoms in total. The molecule has 1 fully saturated rings. The SMILES string of the molecule is Cc1cnc(C2CCCN(CC(=O)O)C2)o1. The first-order valence-corrected chi connectivity index (χ1v) is 5.51. The molecule has 88 valence electrons. The van der Waals surface area contributed by atoms with Crippen LogP contribution in [-0.2, 0) is 4.79 Å². The van der Waals surface area contributed by atoms with Crippen LogP contribution in [0.4, 0.5) is 0 Å². The Hall–Kier alpha value is -1.36. The van der Waals surface area contributed by atoms with Crippen LogP contribution in [0.2, 0.25) is 0 Å². The molecule has 5 heteroatoms. The molecule has 1 aliphatic rings. The number of aromatic nitrogens is 1. The van der Waals surface area contributed by atoms with Crippen LogP contribution >= 0.6 is 0 Å². The van der Waals surface area contributed by atoms with Crippen molar-refractivity contribution in [2.24, 2.45) is 0 Å². The summed E-state index contributed by atoms with van der Waals surface area (Å²) in [6, 6.07) is 0. The molecule has 0 saturated carbocycles. The van der Waals surface area contributed by atoms with E-state index < -0.39 is 5.97 Å². The Morgan fingerprint density at radius 3 is 3.19 bits per heavy atom. The van der Waals surface area contributed by atoms with Crippen molar-refractivity contribution in [3.05, 3.63) is 17.8 Å². The zero-order valence-electron chi connectivity index (χ0n) is 9.35. The van der Waals surface area contributed by atoms with Crippen LogP contribution < -0.4 is 0 Å². The maximum atomic E-state index is 10.6. The Labute approximate surface area is 94.1 Å². The lowest BCUT2D eigenvalue weighted by atomic mass is 9.98. The van der Waals surface area contributed by atoms with Crippen molar-refractivity contribution in [1.29, 1.82) is 0 Å². The Morgan fingerprint density at radius 1 is 1.75 bits per heavy atom. The maximum Gasteiger partial charge on any atom is 0.317 e. The lowest BCUT2D eigenvalue weighted by Crippen LogP contribution is -2.37. The lowest BCUT2D eigenvalue weighted by Gasteiger charge is -2.29. The number of carboxylic acid groups (broad SMARTS) is 1. The van der Waals surface area contributed by atoms with Gasteiger partial charge in [0.1, 0.15) is 5.76 Å². The number of likely N-dealkylation sites (tertiary alicyclic amines) is 1. The van der Waals surface area contributed by atoms with Crippen LogP contribution in [0.5, 0.6) is 0 Å². The number of carboxylic acids is 1. The molecule has 2 heterocycles. The molecule has 0 radical (unpaired) electrons. The number of carbonyl (C=O) groups is 1. The van der Waals surface area contributed by atoms with Gasteiger partial charge in [-0.1, -0.05) is 0 Å². The molecular formula is C11H16N2O3. The van der Waals surface area contributed by atoms with Crippen molar-refractivity contribution in [2.75, 3.05) is 19.6 Å². The van der Waals surface area contributed by atoms with E-state index in [1.807, 2.05) is 11.8 Å². The summed E-state index contributed by atoms with van der Waals surface area (Å²) in [6.45, 7) is 3.55. The monoisotopic (exact) mass is 224 g/mol. The number of aryl methyl sites for hydroxylation is 1. The number of nitrogens with zero attached hydrogens (tertiary/aromatic N) is 2. The van der Waals surface area contributed by atoms with Crippen LogP contribution in [0, 0.1) is 6.92 Å². The topological polar surface area (TPSA) is 66.6 Å². The summed E-state index contributed by atoms with van der Waals surface area (Å²) >= 11 is 0. The summed E-state index contributed by atoms with van der Waals surface area (Å²) < 4.78 is 5.49. The third-order valence-electron chi connectivity index (χ3n) is 2.85. The molecular weight excluding hydrogens is 208 g/mol. The van der Waals surface area contributed by atoms with Gasteiger partial charge in [0.2, 0.25) is 0 Å². The highest BCUT2D eigenvalue weighted by Crippen LogP contribution is 2.26. The standard InChI is InChI=1S/C11H16N2O3/c1-8-5-12-11(16-8)9-3-2-4-13(6-9)7-10(14)15/h5,9H,2-4,6-7H2,1H3,(H,14,15). The predicted molar refractivity (Wildman–Crippen MR) is 57.3 cm³/mol. The molecule has 16 heavy (non-hydrogen) atoms. The molecule has 1 aromatic heterocycles. The summed E-state index contributed by atoms with van der Waals surface area (Å²) in [4.78, 5) is 16.8. The van der Waals surface area contributed by atoms with Gasteiger partial charge >= 0.3 is 5.97 Å². The van der Waals surface area contributed by atoms with E-state index in [2.05, 4.69) is 4.98 Å². The molecule has 1 aromatic rings. The highest BCUT2D eigenvalue weighted by molar-refractivity contribution is 5.69.